The van der Waals surface area contributed by atoms with E-state index in [1.54, 1.807) is 0 Å². The van der Waals surface area contributed by atoms with E-state index in [4.69, 9.17) is 5.73 Å². The normalized spacial score (nSPS) is 16.6. The first-order valence-corrected chi connectivity index (χ1v) is 9.03. The maximum absolute atomic E-state index is 13.5. The number of piperidine rings is 1. The van der Waals surface area contributed by atoms with E-state index in [0.29, 0.717) is 29.3 Å². The summed E-state index contributed by atoms with van der Waals surface area (Å²) < 4.78 is 27.0. The molecule has 0 unspecified atom stereocenters. The highest BCUT2D eigenvalue weighted by molar-refractivity contribution is 7.19. The lowest BCUT2D eigenvalue weighted by Gasteiger charge is -2.39. The smallest absolute Gasteiger partial charge is 0.277 e. The van der Waals surface area contributed by atoms with Crippen LogP contribution in [0.3, 0.4) is 0 Å². The minimum atomic E-state index is -1.33. The molecule has 0 saturated carbocycles. The van der Waals surface area contributed by atoms with Crippen LogP contribution >= 0.6 is 11.3 Å². The molecule has 0 bridgehead atoms. The van der Waals surface area contributed by atoms with Crippen LogP contribution in [-0.2, 0) is 5.60 Å². The van der Waals surface area contributed by atoms with E-state index >= 15 is 0 Å². The van der Waals surface area contributed by atoms with Crippen molar-refractivity contribution >= 4 is 33.4 Å². The number of thiazole rings is 1. The Balaban J connectivity index is 1.61. The summed E-state index contributed by atoms with van der Waals surface area (Å²) in [4.78, 5) is 26.4. The van der Waals surface area contributed by atoms with Crippen LogP contribution in [0.25, 0.3) is 10.3 Å². The molecule has 27 heavy (non-hydrogen) atoms. The minimum Gasteiger partial charge on any atom is -0.385 e. The van der Waals surface area contributed by atoms with Gasteiger partial charge in [0.2, 0.25) is 0 Å². The Kier molecular flexibility index (Phi) is 4.23. The van der Waals surface area contributed by atoms with Gasteiger partial charge in [-0.3, -0.25) is 4.79 Å². The van der Waals surface area contributed by atoms with E-state index in [1.165, 1.54) is 6.33 Å². The Labute approximate surface area is 156 Å². The van der Waals surface area contributed by atoms with Crippen molar-refractivity contribution in [2.24, 2.45) is 5.73 Å². The summed E-state index contributed by atoms with van der Waals surface area (Å²) in [5, 5.41) is 11.0. The lowest BCUT2D eigenvalue weighted by Crippen LogP contribution is -2.43. The number of hydrogen-bond donors (Lipinski definition) is 2. The van der Waals surface area contributed by atoms with E-state index < -0.39 is 23.1 Å². The van der Waals surface area contributed by atoms with Crippen LogP contribution in [-0.4, -0.2) is 39.1 Å². The van der Waals surface area contributed by atoms with Gasteiger partial charge < -0.3 is 15.7 Å². The van der Waals surface area contributed by atoms with Crippen LogP contribution in [0.2, 0.25) is 0 Å². The van der Waals surface area contributed by atoms with Gasteiger partial charge in [0.05, 0.1) is 5.60 Å². The van der Waals surface area contributed by atoms with Gasteiger partial charge in [0, 0.05) is 19.2 Å². The standard InChI is InChI=1S/C17H15F2N5O2S/c18-10-5-9(6-11(19)7-10)17(26)1-3-24(4-2-17)14-12-15(22-8-21-14)27-16(23-12)13(20)25/h5-8,26H,1-4H2,(H2,20,25). The summed E-state index contributed by atoms with van der Waals surface area (Å²) in [6, 6.07) is 3.08. The van der Waals surface area contributed by atoms with E-state index in [9.17, 15) is 18.7 Å². The number of aliphatic hydroxyl groups is 1. The molecule has 1 aliphatic heterocycles. The third kappa shape index (κ3) is 3.21. The van der Waals surface area contributed by atoms with Gasteiger partial charge in [0.25, 0.3) is 5.91 Å². The second-order valence-corrected chi connectivity index (χ2v) is 7.39. The Bertz CT molecular complexity index is 1010. The molecule has 0 atom stereocenters. The largest absolute Gasteiger partial charge is 0.385 e. The quantitative estimate of drug-likeness (QED) is 0.707. The first kappa shape index (κ1) is 17.7. The fourth-order valence-corrected chi connectivity index (χ4v) is 4.03. The zero-order valence-electron chi connectivity index (χ0n) is 14.0. The van der Waals surface area contributed by atoms with Crippen LogP contribution in [0.5, 0.6) is 0 Å². The molecule has 1 aliphatic rings. The number of hydrogen-bond acceptors (Lipinski definition) is 7. The lowest BCUT2D eigenvalue weighted by atomic mass is 9.84. The number of amides is 1. The summed E-state index contributed by atoms with van der Waals surface area (Å²) in [6.07, 6.45) is 1.89. The predicted molar refractivity (Wildman–Crippen MR) is 95.4 cm³/mol. The van der Waals surface area contributed by atoms with Gasteiger partial charge in [-0.1, -0.05) is 11.3 Å². The Morgan fingerprint density at radius 1 is 1.19 bits per heavy atom. The summed E-state index contributed by atoms with van der Waals surface area (Å²) in [5.41, 5.74) is 4.65. The molecule has 4 rings (SSSR count). The number of rotatable bonds is 3. The Morgan fingerprint density at radius 3 is 2.48 bits per heavy atom. The third-order valence-corrected chi connectivity index (χ3v) is 5.65. The van der Waals surface area contributed by atoms with Gasteiger partial charge in [0.15, 0.2) is 10.8 Å². The first-order valence-electron chi connectivity index (χ1n) is 8.21. The predicted octanol–water partition coefficient (Wildman–Crippen LogP) is 1.95. The summed E-state index contributed by atoms with van der Waals surface area (Å²) in [6.45, 7) is 0.786. The zero-order valence-corrected chi connectivity index (χ0v) is 14.8. The van der Waals surface area contributed by atoms with Crippen molar-refractivity contribution in [3.05, 3.63) is 46.7 Å². The van der Waals surface area contributed by atoms with Gasteiger partial charge in [0.1, 0.15) is 28.3 Å². The molecule has 140 valence electrons. The highest BCUT2D eigenvalue weighted by atomic mass is 32.1. The zero-order chi connectivity index (χ0) is 19.2. The van der Waals surface area contributed by atoms with Crippen molar-refractivity contribution in [1.82, 2.24) is 15.0 Å². The molecular formula is C17H15F2N5O2S. The molecule has 0 radical (unpaired) electrons. The van der Waals surface area contributed by atoms with Crippen molar-refractivity contribution < 1.29 is 18.7 Å². The van der Waals surface area contributed by atoms with Gasteiger partial charge in [-0.15, -0.1) is 0 Å². The van der Waals surface area contributed by atoms with Gasteiger partial charge >= 0.3 is 0 Å². The van der Waals surface area contributed by atoms with Gasteiger partial charge in [-0.05, 0) is 30.5 Å². The molecule has 3 aromatic rings. The van der Waals surface area contributed by atoms with Crippen molar-refractivity contribution in [1.29, 1.82) is 0 Å². The van der Waals surface area contributed by atoms with Crippen LogP contribution in [0.1, 0.15) is 28.2 Å². The van der Waals surface area contributed by atoms with E-state index in [-0.39, 0.29) is 23.4 Å². The molecule has 0 aliphatic carbocycles. The van der Waals surface area contributed by atoms with E-state index in [1.807, 2.05) is 4.90 Å². The first-order chi connectivity index (χ1) is 12.9. The maximum atomic E-state index is 13.5. The number of carbonyl (C=O) groups is 1. The number of fused-ring (bicyclic) bond motifs is 1. The molecular weight excluding hydrogens is 376 g/mol. The highest BCUT2D eigenvalue weighted by Gasteiger charge is 2.36. The SMILES string of the molecule is NC(=O)c1nc2c(N3CCC(O)(c4cc(F)cc(F)c4)CC3)ncnc2s1. The van der Waals surface area contributed by atoms with E-state index in [2.05, 4.69) is 15.0 Å². The molecule has 2 aromatic heterocycles. The molecule has 0 spiro atoms. The number of nitrogens with two attached hydrogens (primary N) is 1. The van der Waals surface area contributed by atoms with Crippen molar-refractivity contribution in [2.45, 2.75) is 18.4 Å². The van der Waals surface area contributed by atoms with Crippen molar-refractivity contribution in [2.75, 3.05) is 18.0 Å². The lowest BCUT2D eigenvalue weighted by molar-refractivity contribution is 0.0111. The Morgan fingerprint density at radius 2 is 1.85 bits per heavy atom. The average Bonchev–Trinajstić information content (AvgIpc) is 3.06. The van der Waals surface area contributed by atoms with Gasteiger partial charge in [-0.25, -0.2) is 23.7 Å². The van der Waals surface area contributed by atoms with Crippen LogP contribution in [0.4, 0.5) is 14.6 Å². The second kappa shape index (κ2) is 6.46. The highest BCUT2D eigenvalue weighted by Crippen LogP contribution is 2.36. The molecule has 3 heterocycles. The molecule has 7 nitrogen and oxygen atoms in total. The molecule has 1 fully saturated rings. The number of carbonyl (C=O) groups excluding carboxylic acids is 1. The van der Waals surface area contributed by atoms with Crippen molar-refractivity contribution in [3.63, 3.8) is 0 Å². The number of anilines is 1. The van der Waals surface area contributed by atoms with E-state index in [0.717, 1.165) is 29.5 Å². The maximum Gasteiger partial charge on any atom is 0.277 e. The number of benzene rings is 1. The number of aromatic nitrogens is 3. The fraction of sp³-hybridized carbons (Fsp3) is 0.294. The topological polar surface area (TPSA) is 105 Å². The number of halogens is 2. The third-order valence-electron chi connectivity index (χ3n) is 4.68. The molecule has 1 saturated heterocycles. The van der Waals surface area contributed by atoms with Crippen molar-refractivity contribution in [3.8, 4) is 0 Å². The summed E-state index contributed by atoms with van der Waals surface area (Å²) in [5.74, 6) is -1.54. The Hall–Kier alpha value is -2.72. The van der Waals surface area contributed by atoms with Crippen LogP contribution in [0, 0.1) is 11.6 Å². The minimum absolute atomic E-state index is 0.149. The number of nitrogens with zero attached hydrogens (tertiary/aromatic N) is 4. The average molecular weight is 391 g/mol. The van der Waals surface area contributed by atoms with Crippen LogP contribution in [0.15, 0.2) is 24.5 Å². The molecule has 3 N–H and O–H groups in total. The second-order valence-electron chi connectivity index (χ2n) is 6.41. The molecule has 1 aromatic carbocycles. The molecule has 10 heteroatoms. The number of primary amides is 1. The fourth-order valence-electron chi connectivity index (χ4n) is 3.28. The monoisotopic (exact) mass is 391 g/mol. The van der Waals surface area contributed by atoms with Crippen LogP contribution < -0.4 is 10.6 Å². The molecule has 1 amide bonds. The summed E-state index contributed by atoms with van der Waals surface area (Å²) >= 11 is 1.09. The van der Waals surface area contributed by atoms with Gasteiger partial charge in [-0.2, -0.15) is 0 Å². The summed E-state index contributed by atoms with van der Waals surface area (Å²) in [7, 11) is 0.